The number of carbonyl (C=O) groups excluding carboxylic acids is 1. The summed E-state index contributed by atoms with van der Waals surface area (Å²) in [6.45, 7) is 0.0148. The highest BCUT2D eigenvalue weighted by Crippen LogP contribution is 2.26. The molecule has 1 amide bonds. The zero-order chi connectivity index (χ0) is 20.3. The van der Waals surface area contributed by atoms with Gasteiger partial charge in [0.15, 0.2) is 0 Å². The Morgan fingerprint density at radius 1 is 1.14 bits per heavy atom. The molecule has 1 atom stereocenters. The van der Waals surface area contributed by atoms with Crippen molar-refractivity contribution in [3.05, 3.63) is 64.2 Å². The summed E-state index contributed by atoms with van der Waals surface area (Å²) in [5.41, 5.74) is 3.84. The third-order valence-corrected chi connectivity index (χ3v) is 6.60. The normalized spacial score (nSPS) is 19.1. The van der Waals surface area contributed by atoms with Crippen molar-refractivity contribution in [3.63, 3.8) is 0 Å². The highest BCUT2D eigenvalue weighted by molar-refractivity contribution is 7.89. The predicted molar refractivity (Wildman–Crippen MR) is 101 cm³/mol. The number of carbonyl (C=O) groups is 1. The van der Waals surface area contributed by atoms with Crippen LogP contribution in [0.3, 0.4) is 0 Å². The van der Waals surface area contributed by atoms with E-state index in [9.17, 15) is 23.3 Å². The van der Waals surface area contributed by atoms with Crippen LogP contribution in [0.1, 0.15) is 18.4 Å². The number of nitro benzene ring substituents is 1. The standard InChI is InChI=1S/C18H19N3O6S/c22-18(19-23)17-2-1-11-28(26,27)20(17)12-13-3-5-14(6-4-13)15-7-9-16(10-8-15)21(24)25/h3-10,17,23H,1-2,11-12H2,(H,19,22)/t17-/m0/s1. The summed E-state index contributed by atoms with van der Waals surface area (Å²) in [4.78, 5) is 22.1. The Kier molecular flexibility index (Phi) is 5.73. The van der Waals surface area contributed by atoms with Crippen molar-refractivity contribution in [2.24, 2.45) is 0 Å². The minimum atomic E-state index is -3.60. The number of amides is 1. The largest absolute Gasteiger partial charge is 0.289 e. The van der Waals surface area contributed by atoms with Crippen molar-refractivity contribution in [1.82, 2.24) is 9.79 Å². The van der Waals surface area contributed by atoms with Gasteiger partial charge in [-0.3, -0.25) is 20.1 Å². The zero-order valence-corrected chi connectivity index (χ0v) is 15.6. The molecule has 2 N–H and O–H groups in total. The van der Waals surface area contributed by atoms with E-state index in [2.05, 4.69) is 0 Å². The van der Waals surface area contributed by atoms with Gasteiger partial charge >= 0.3 is 0 Å². The Labute approximate surface area is 161 Å². The maximum atomic E-state index is 12.4. The Morgan fingerprint density at radius 2 is 1.71 bits per heavy atom. The monoisotopic (exact) mass is 405 g/mol. The molecule has 2 aromatic rings. The highest BCUT2D eigenvalue weighted by Gasteiger charge is 2.38. The summed E-state index contributed by atoms with van der Waals surface area (Å²) in [6.07, 6.45) is 0.697. The van der Waals surface area contributed by atoms with E-state index in [0.29, 0.717) is 18.4 Å². The number of nitro groups is 1. The zero-order valence-electron chi connectivity index (χ0n) is 14.8. The van der Waals surface area contributed by atoms with Gasteiger partial charge < -0.3 is 0 Å². The van der Waals surface area contributed by atoms with Gasteiger partial charge in [0.1, 0.15) is 6.04 Å². The van der Waals surface area contributed by atoms with Crippen LogP contribution in [0.2, 0.25) is 0 Å². The molecule has 1 aliphatic rings. The molecule has 0 saturated carbocycles. The molecule has 0 unspecified atom stereocenters. The maximum absolute atomic E-state index is 12.4. The van der Waals surface area contributed by atoms with Gasteiger partial charge in [0.25, 0.3) is 11.6 Å². The number of sulfonamides is 1. The lowest BCUT2D eigenvalue weighted by molar-refractivity contribution is -0.384. The van der Waals surface area contributed by atoms with Crippen molar-refractivity contribution in [2.45, 2.75) is 25.4 Å². The van der Waals surface area contributed by atoms with Crippen LogP contribution in [0.25, 0.3) is 11.1 Å². The van der Waals surface area contributed by atoms with E-state index in [-0.39, 0.29) is 18.0 Å². The number of hydrogen-bond donors (Lipinski definition) is 2. The van der Waals surface area contributed by atoms with Crippen LogP contribution in [-0.4, -0.2) is 40.6 Å². The molecule has 3 rings (SSSR count). The van der Waals surface area contributed by atoms with Crippen LogP contribution in [0, 0.1) is 10.1 Å². The van der Waals surface area contributed by atoms with Gasteiger partial charge in [0, 0.05) is 18.7 Å². The van der Waals surface area contributed by atoms with Crippen LogP contribution in [-0.2, 0) is 21.4 Å². The van der Waals surface area contributed by atoms with E-state index in [1.54, 1.807) is 36.4 Å². The van der Waals surface area contributed by atoms with Gasteiger partial charge in [0.05, 0.1) is 10.7 Å². The molecule has 28 heavy (non-hydrogen) atoms. The highest BCUT2D eigenvalue weighted by atomic mass is 32.2. The van der Waals surface area contributed by atoms with Gasteiger partial charge in [-0.25, -0.2) is 13.9 Å². The predicted octanol–water partition coefficient (Wildman–Crippen LogP) is 2.06. The SMILES string of the molecule is O=C(NO)[C@@H]1CCCS(=O)(=O)N1Cc1ccc(-c2ccc([N+](=O)[O-])cc2)cc1. The first-order valence-corrected chi connectivity index (χ1v) is 10.2. The van der Waals surface area contributed by atoms with Crippen LogP contribution < -0.4 is 5.48 Å². The third kappa shape index (κ3) is 4.19. The van der Waals surface area contributed by atoms with Crippen molar-refractivity contribution in [3.8, 4) is 11.1 Å². The van der Waals surface area contributed by atoms with Gasteiger partial charge in [-0.2, -0.15) is 4.31 Å². The minimum Gasteiger partial charge on any atom is -0.289 e. The number of hydrogen-bond acceptors (Lipinski definition) is 6. The van der Waals surface area contributed by atoms with E-state index >= 15 is 0 Å². The fourth-order valence-corrected chi connectivity index (χ4v) is 4.92. The Hall–Kier alpha value is -2.82. The van der Waals surface area contributed by atoms with Crippen LogP contribution >= 0.6 is 0 Å². The van der Waals surface area contributed by atoms with E-state index in [4.69, 9.17) is 5.21 Å². The van der Waals surface area contributed by atoms with Gasteiger partial charge in [-0.1, -0.05) is 24.3 Å². The summed E-state index contributed by atoms with van der Waals surface area (Å²) < 4.78 is 25.9. The third-order valence-electron chi connectivity index (χ3n) is 4.70. The summed E-state index contributed by atoms with van der Waals surface area (Å²) in [6, 6.07) is 12.2. The number of nitrogens with one attached hydrogen (secondary N) is 1. The van der Waals surface area contributed by atoms with Gasteiger partial charge in [0.2, 0.25) is 10.0 Å². The second-order valence-corrected chi connectivity index (χ2v) is 8.54. The van der Waals surface area contributed by atoms with E-state index in [1.807, 2.05) is 0 Å². The first-order chi connectivity index (χ1) is 13.3. The van der Waals surface area contributed by atoms with Crippen LogP contribution in [0.4, 0.5) is 5.69 Å². The Balaban J connectivity index is 1.80. The fourth-order valence-electron chi connectivity index (χ4n) is 3.22. The van der Waals surface area contributed by atoms with Crippen LogP contribution in [0.5, 0.6) is 0 Å². The van der Waals surface area contributed by atoms with E-state index in [1.165, 1.54) is 17.6 Å². The molecule has 1 aliphatic heterocycles. The van der Waals surface area contributed by atoms with Crippen LogP contribution in [0.15, 0.2) is 48.5 Å². The Bertz CT molecular complexity index is 973. The topological polar surface area (TPSA) is 130 Å². The summed E-state index contributed by atoms with van der Waals surface area (Å²) in [5.74, 6) is -0.783. The van der Waals surface area contributed by atoms with E-state index in [0.717, 1.165) is 15.4 Å². The molecule has 0 radical (unpaired) electrons. The molecular weight excluding hydrogens is 386 g/mol. The van der Waals surface area contributed by atoms with Gasteiger partial charge in [-0.05, 0) is 41.7 Å². The minimum absolute atomic E-state index is 0.00359. The smallest absolute Gasteiger partial charge is 0.269 e. The maximum Gasteiger partial charge on any atom is 0.269 e. The molecule has 0 aromatic heterocycles. The lowest BCUT2D eigenvalue weighted by atomic mass is 10.0. The number of hydroxylamine groups is 1. The summed E-state index contributed by atoms with van der Waals surface area (Å²) >= 11 is 0. The molecule has 0 aliphatic carbocycles. The molecule has 2 aromatic carbocycles. The summed E-state index contributed by atoms with van der Waals surface area (Å²) in [7, 11) is -3.60. The average Bonchev–Trinajstić information content (AvgIpc) is 2.69. The fraction of sp³-hybridized carbons (Fsp3) is 0.278. The number of non-ortho nitro benzene ring substituents is 1. The van der Waals surface area contributed by atoms with Gasteiger partial charge in [-0.15, -0.1) is 0 Å². The molecule has 1 fully saturated rings. The molecular formula is C18H19N3O6S. The molecule has 9 nitrogen and oxygen atoms in total. The van der Waals surface area contributed by atoms with Crippen molar-refractivity contribution in [1.29, 1.82) is 0 Å². The lowest BCUT2D eigenvalue weighted by Gasteiger charge is -2.33. The van der Waals surface area contributed by atoms with Crippen molar-refractivity contribution in [2.75, 3.05) is 5.75 Å². The average molecular weight is 405 g/mol. The first kappa shape index (κ1) is 19.9. The molecule has 1 saturated heterocycles. The lowest BCUT2D eigenvalue weighted by Crippen LogP contribution is -2.51. The molecule has 148 valence electrons. The summed E-state index contributed by atoms with van der Waals surface area (Å²) in [5, 5.41) is 19.6. The second-order valence-electron chi connectivity index (χ2n) is 6.50. The second kappa shape index (κ2) is 8.05. The number of nitrogens with zero attached hydrogens (tertiary/aromatic N) is 2. The molecule has 0 spiro atoms. The van der Waals surface area contributed by atoms with E-state index < -0.39 is 26.9 Å². The number of rotatable bonds is 5. The molecule has 10 heteroatoms. The Morgan fingerprint density at radius 3 is 2.25 bits per heavy atom. The molecule has 1 heterocycles. The quantitative estimate of drug-likeness (QED) is 0.445. The van der Waals surface area contributed by atoms with Crippen molar-refractivity contribution < 1.29 is 23.3 Å². The van der Waals surface area contributed by atoms with Crippen molar-refractivity contribution >= 4 is 21.6 Å². The molecule has 0 bridgehead atoms. The first-order valence-electron chi connectivity index (χ1n) is 8.59. The number of benzene rings is 2.